The van der Waals surface area contributed by atoms with Crippen LogP contribution in [0.15, 0.2) is 40.5 Å². The molecule has 0 saturated heterocycles. The zero-order valence-electron chi connectivity index (χ0n) is 14.5. The summed E-state index contributed by atoms with van der Waals surface area (Å²) < 4.78 is 0. The van der Waals surface area contributed by atoms with Crippen molar-refractivity contribution in [2.45, 2.75) is 19.5 Å². The Morgan fingerprint density at radius 2 is 2.19 bits per heavy atom. The molecule has 8 heteroatoms. The molecular weight excluding hydrogens is 366 g/mol. The molecule has 0 atom stereocenters. The van der Waals surface area contributed by atoms with Gasteiger partial charge in [0.25, 0.3) is 5.91 Å². The Hall–Kier alpha value is -2.13. The SMILES string of the molecule is CN(Cc1cccc(NC(=O)c2csc(CCN)n2)c1)Cc1cscn1. The second-order valence-electron chi connectivity index (χ2n) is 5.97. The van der Waals surface area contributed by atoms with Gasteiger partial charge in [0.15, 0.2) is 0 Å². The Bertz CT molecular complexity index is 847. The summed E-state index contributed by atoms with van der Waals surface area (Å²) in [4.78, 5) is 23.2. The van der Waals surface area contributed by atoms with Gasteiger partial charge in [0, 0.05) is 36.0 Å². The van der Waals surface area contributed by atoms with Gasteiger partial charge in [-0.15, -0.1) is 22.7 Å². The smallest absolute Gasteiger partial charge is 0.275 e. The van der Waals surface area contributed by atoms with Gasteiger partial charge in [-0.3, -0.25) is 9.69 Å². The van der Waals surface area contributed by atoms with E-state index < -0.39 is 0 Å². The summed E-state index contributed by atoms with van der Waals surface area (Å²) in [6.07, 6.45) is 0.693. The fraction of sp³-hybridized carbons (Fsp3) is 0.278. The third-order valence-electron chi connectivity index (χ3n) is 3.70. The van der Waals surface area contributed by atoms with Crippen LogP contribution in [0.2, 0.25) is 0 Å². The van der Waals surface area contributed by atoms with Crippen LogP contribution < -0.4 is 11.1 Å². The van der Waals surface area contributed by atoms with E-state index >= 15 is 0 Å². The van der Waals surface area contributed by atoms with Crippen LogP contribution in [-0.4, -0.2) is 34.4 Å². The number of thiazole rings is 2. The van der Waals surface area contributed by atoms with Crippen molar-refractivity contribution >= 4 is 34.3 Å². The van der Waals surface area contributed by atoms with Crippen LogP contribution in [-0.2, 0) is 19.5 Å². The van der Waals surface area contributed by atoms with Crippen molar-refractivity contribution < 1.29 is 4.79 Å². The highest BCUT2D eigenvalue weighted by Crippen LogP contribution is 2.16. The van der Waals surface area contributed by atoms with Crippen molar-refractivity contribution in [1.29, 1.82) is 0 Å². The molecular formula is C18H21N5OS2. The molecule has 136 valence electrons. The molecule has 0 aliphatic carbocycles. The Morgan fingerprint density at radius 1 is 1.31 bits per heavy atom. The van der Waals surface area contributed by atoms with Crippen LogP contribution in [0.1, 0.15) is 26.8 Å². The van der Waals surface area contributed by atoms with Crippen molar-refractivity contribution in [3.8, 4) is 0 Å². The number of hydrogen-bond donors (Lipinski definition) is 2. The standard InChI is InChI=1S/C18H21N5OS2/c1-23(9-15-10-25-12-20-15)8-13-3-2-4-14(7-13)21-18(24)16-11-26-17(22-16)5-6-19/h2-4,7,10-12H,5-6,8-9,19H2,1H3,(H,21,24). The average Bonchev–Trinajstić information content (AvgIpc) is 3.27. The molecule has 0 aliphatic rings. The largest absolute Gasteiger partial charge is 0.330 e. The van der Waals surface area contributed by atoms with Gasteiger partial charge in [-0.05, 0) is 31.3 Å². The first kappa shape index (κ1) is 18.7. The average molecular weight is 388 g/mol. The summed E-state index contributed by atoms with van der Waals surface area (Å²) in [5.74, 6) is -0.197. The number of carbonyl (C=O) groups is 1. The van der Waals surface area contributed by atoms with E-state index in [4.69, 9.17) is 5.73 Å². The zero-order chi connectivity index (χ0) is 18.4. The van der Waals surface area contributed by atoms with E-state index in [1.807, 2.05) is 23.7 Å². The Morgan fingerprint density at radius 3 is 2.96 bits per heavy atom. The highest BCUT2D eigenvalue weighted by atomic mass is 32.1. The summed E-state index contributed by atoms with van der Waals surface area (Å²) in [5, 5.41) is 7.63. The van der Waals surface area contributed by atoms with Crippen molar-refractivity contribution in [3.63, 3.8) is 0 Å². The molecule has 0 aliphatic heterocycles. The molecule has 3 rings (SSSR count). The van der Waals surface area contributed by atoms with Gasteiger partial charge >= 0.3 is 0 Å². The number of anilines is 1. The maximum absolute atomic E-state index is 12.4. The predicted molar refractivity (Wildman–Crippen MR) is 107 cm³/mol. The predicted octanol–water partition coefficient (Wildman–Crippen LogP) is 2.99. The van der Waals surface area contributed by atoms with Crippen molar-refractivity contribution in [3.05, 3.63) is 62.5 Å². The molecule has 0 radical (unpaired) electrons. The Labute approximate surface area is 160 Å². The first-order chi connectivity index (χ1) is 12.6. The van der Waals surface area contributed by atoms with E-state index in [0.717, 1.165) is 35.0 Å². The molecule has 2 heterocycles. The molecule has 0 bridgehead atoms. The van der Waals surface area contributed by atoms with Gasteiger partial charge in [0.05, 0.1) is 16.2 Å². The van der Waals surface area contributed by atoms with E-state index in [-0.39, 0.29) is 5.91 Å². The normalized spacial score (nSPS) is 11.0. The number of nitrogens with one attached hydrogen (secondary N) is 1. The number of aromatic nitrogens is 2. The number of rotatable bonds is 8. The number of benzene rings is 1. The second-order valence-corrected chi connectivity index (χ2v) is 7.63. The minimum atomic E-state index is -0.197. The summed E-state index contributed by atoms with van der Waals surface area (Å²) in [6.45, 7) is 2.10. The number of amides is 1. The van der Waals surface area contributed by atoms with E-state index in [2.05, 4.69) is 38.7 Å². The molecule has 3 N–H and O–H groups in total. The third kappa shape index (κ3) is 5.18. The monoisotopic (exact) mass is 387 g/mol. The van der Waals surface area contributed by atoms with Gasteiger partial charge < -0.3 is 11.1 Å². The van der Waals surface area contributed by atoms with Crippen LogP contribution in [0.5, 0.6) is 0 Å². The highest BCUT2D eigenvalue weighted by Gasteiger charge is 2.11. The molecule has 0 unspecified atom stereocenters. The molecule has 0 spiro atoms. The lowest BCUT2D eigenvalue weighted by molar-refractivity contribution is 0.102. The topological polar surface area (TPSA) is 84.1 Å². The summed E-state index contributed by atoms with van der Waals surface area (Å²) in [7, 11) is 2.05. The van der Waals surface area contributed by atoms with E-state index in [0.29, 0.717) is 18.7 Å². The van der Waals surface area contributed by atoms with Gasteiger partial charge in [0.2, 0.25) is 0 Å². The van der Waals surface area contributed by atoms with Gasteiger partial charge in [-0.25, -0.2) is 9.97 Å². The molecule has 6 nitrogen and oxygen atoms in total. The molecule has 0 fully saturated rings. The van der Waals surface area contributed by atoms with E-state index in [9.17, 15) is 4.79 Å². The van der Waals surface area contributed by atoms with E-state index in [1.165, 1.54) is 11.3 Å². The van der Waals surface area contributed by atoms with Crippen LogP contribution in [0.25, 0.3) is 0 Å². The maximum atomic E-state index is 12.4. The molecule has 0 saturated carbocycles. The Balaban J connectivity index is 1.60. The van der Waals surface area contributed by atoms with Crippen LogP contribution in [0.4, 0.5) is 5.69 Å². The summed E-state index contributed by atoms with van der Waals surface area (Å²) in [6, 6.07) is 7.87. The lowest BCUT2D eigenvalue weighted by Crippen LogP contribution is -2.18. The number of nitrogens with zero attached hydrogens (tertiary/aromatic N) is 3. The fourth-order valence-corrected chi connectivity index (χ4v) is 3.90. The summed E-state index contributed by atoms with van der Waals surface area (Å²) >= 11 is 3.06. The highest BCUT2D eigenvalue weighted by molar-refractivity contribution is 7.09. The summed E-state index contributed by atoms with van der Waals surface area (Å²) in [5.41, 5.74) is 10.8. The third-order valence-corrected chi connectivity index (χ3v) is 5.24. The van der Waals surface area contributed by atoms with Gasteiger partial charge in [-0.1, -0.05) is 12.1 Å². The van der Waals surface area contributed by atoms with Crippen molar-refractivity contribution in [1.82, 2.24) is 14.9 Å². The van der Waals surface area contributed by atoms with Crippen LogP contribution in [0.3, 0.4) is 0 Å². The van der Waals surface area contributed by atoms with Crippen molar-refractivity contribution in [2.75, 3.05) is 18.9 Å². The molecule has 1 aromatic carbocycles. The second kappa shape index (κ2) is 9.00. The number of nitrogens with two attached hydrogens (primary N) is 1. The van der Waals surface area contributed by atoms with E-state index in [1.54, 1.807) is 16.7 Å². The quantitative estimate of drug-likeness (QED) is 0.621. The first-order valence-electron chi connectivity index (χ1n) is 8.24. The molecule has 1 amide bonds. The van der Waals surface area contributed by atoms with Gasteiger partial charge in [-0.2, -0.15) is 0 Å². The fourth-order valence-electron chi connectivity index (χ4n) is 2.56. The van der Waals surface area contributed by atoms with Crippen LogP contribution in [0, 0.1) is 0 Å². The minimum absolute atomic E-state index is 0.197. The van der Waals surface area contributed by atoms with Crippen LogP contribution >= 0.6 is 22.7 Å². The van der Waals surface area contributed by atoms with Crippen molar-refractivity contribution in [2.24, 2.45) is 5.73 Å². The maximum Gasteiger partial charge on any atom is 0.275 e. The molecule has 26 heavy (non-hydrogen) atoms. The minimum Gasteiger partial charge on any atom is -0.330 e. The number of carbonyl (C=O) groups excluding carboxylic acids is 1. The van der Waals surface area contributed by atoms with Gasteiger partial charge in [0.1, 0.15) is 5.69 Å². The number of hydrogen-bond acceptors (Lipinski definition) is 7. The lowest BCUT2D eigenvalue weighted by Gasteiger charge is -2.16. The lowest BCUT2D eigenvalue weighted by atomic mass is 10.2. The zero-order valence-corrected chi connectivity index (χ0v) is 16.1. The molecule has 3 aromatic rings. The molecule has 2 aromatic heterocycles. The Kier molecular flexibility index (Phi) is 6.45. The first-order valence-corrected chi connectivity index (χ1v) is 10.1.